The number of benzene rings is 1. The molecule has 2 aromatic rings. The zero-order valence-corrected chi connectivity index (χ0v) is 16.4. The lowest BCUT2D eigenvalue weighted by molar-refractivity contribution is -0.113. The molecular formula is C21H25N5O2. The Morgan fingerprint density at radius 2 is 2.00 bits per heavy atom. The molecule has 4 rings (SSSR count). The van der Waals surface area contributed by atoms with Gasteiger partial charge >= 0.3 is 0 Å². The molecule has 2 aliphatic rings. The largest absolute Gasteiger partial charge is 0.383 e. The van der Waals surface area contributed by atoms with Gasteiger partial charge in [0.1, 0.15) is 6.33 Å². The number of nitrogens with zero attached hydrogens (tertiary/aromatic N) is 3. The van der Waals surface area contributed by atoms with Crippen LogP contribution in [-0.4, -0.2) is 41.7 Å². The van der Waals surface area contributed by atoms with Crippen molar-refractivity contribution in [3.63, 3.8) is 0 Å². The van der Waals surface area contributed by atoms with Crippen LogP contribution in [-0.2, 0) is 9.53 Å². The summed E-state index contributed by atoms with van der Waals surface area (Å²) in [6.07, 6.45) is 5.13. The molecule has 1 aromatic heterocycles. The van der Waals surface area contributed by atoms with Crippen molar-refractivity contribution in [3.05, 3.63) is 53.7 Å². The minimum absolute atomic E-state index is 0.0275. The van der Waals surface area contributed by atoms with Gasteiger partial charge < -0.3 is 20.3 Å². The van der Waals surface area contributed by atoms with Crippen LogP contribution in [0.15, 0.2) is 42.6 Å². The quantitative estimate of drug-likeness (QED) is 0.796. The molecule has 7 heteroatoms. The van der Waals surface area contributed by atoms with Crippen LogP contribution in [0.5, 0.6) is 0 Å². The minimum atomic E-state index is 0.0275. The third kappa shape index (κ3) is 3.33. The van der Waals surface area contributed by atoms with E-state index in [-0.39, 0.29) is 18.0 Å². The first-order valence-electron chi connectivity index (χ1n) is 9.60. The fraction of sp³-hybridized carbons (Fsp3) is 0.381. The summed E-state index contributed by atoms with van der Waals surface area (Å²) >= 11 is 0. The smallest absolute Gasteiger partial charge is 0.261 e. The van der Waals surface area contributed by atoms with Crippen LogP contribution in [0.1, 0.15) is 37.9 Å². The first-order chi connectivity index (χ1) is 13.6. The standard InChI is InChI=1S/C21H25N5O2/c1-13(2)26-19-5-4-16(25-14(3)15-9-22-12-23-10-15)8-17(19)20(21(26)27)18-11-28-7-6-24-18/h4-5,8-10,12-14,24-25H,6-7,11H2,1-3H3/b20-18-. The molecule has 0 saturated carbocycles. The molecule has 1 unspecified atom stereocenters. The van der Waals surface area contributed by atoms with Gasteiger partial charge in [0.05, 0.1) is 36.2 Å². The highest BCUT2D eigenvalue weighted by atomic mass is 16.5. The van der Waals surface area contributed by atoms with Gasteiger partial charge in [-0.05, 0) is 39.0 Å². The monoisotopic (exact) mass is 379 g/mol. The van der Waals surface area contributed by atoms with E-state index in [9.17, 15) is 4.79 Å². The van der Waals surface area contributed by atoms with E-state index < -0.39 is 0 Å². The average molecular weight is 379 g/mol. The molecule has 1 atom stereocenters. The number of hydrogen-bond donors (Lipinski definition) is 2. The van der Waals surface area contributed by atoms with E-state index in [1.807, 2.05) is 30.9 Å². The van der Waals surface area contributed by atoms with Gasteiger partial charge in [0.25, 0.3) is 5.91 Å². The van der Waals surface area contributed by atoms with E-state index in [2.05, 4.69) is 33.6 Å². The SMILES string of the molecule is CC(Nc1ccc2c(c1)/C(=C1\COCCN1)C(=O)N2C(C)C)c1cncnc1. The molecule has 2 N–H and O–H groups in total. The first kappa shape index (κ1) is 18.4. The zero-order chi connectivity index (χ0) is 19.7. The van der Waals surface area contributed by atoms with Crippen LogP contribution in [0.2, 0.25) is 0 Å². The molecule has 2 aliphatic heterocycles. The Balaban J connectivity index is 1.71. The van der Waals surface area contributed by atoms with Gasteiger partial charge in [0.15, 0.2) is 0 Å². The predicted octanol–water partition coefficient (Wildman–Crippen LogP) is 2.74. The Morgan fingerprint density at radius 3 is 2.68 bits per heavy atom. The topological polar surface area (TPSA) is 79.4 Å². The summed E-state index contributed by atoms with van der Waals surface area (Å²) in [6, 6.07) is 6.20. The van der Waals surface area contributed by atoms with Gasteiger partial charge in [-0.25, -0.2) is 9.97 Å². The maximum Gasteiger partial charge on any atom is 0.261 e. The summed E-state index contributed by atoms with van der Waals surface area (Å²) in [7, 11) is 0. The summed E-state index contributed by atoms with van der Waals surface area (Å²) in [5.41, 5.74) is 5.40. The summed E-state index contributed by atoms with van der Waals surface area (Å²) in [4.78, 5) is 23.2. The lowest BCUT2D eigenvalue weighted by Crippen LogP contribution is -2.35. The first-order valence-corrected chi connectivity index (χ1v) is 9.60. The van der Waals surface area contributed by atoms with Crippen LogP contribution in [0.25, 0.3) is 5.57 Å². The number of nitrogens with one attached hydrogen (secondary N) is 2. The Hall–Kier alpha value is -2.93. The van der Waals surface area contributed by atoms with Gasteiger partial charge in [-0.2, -0.15) is 0 Å². The Bertz CT molecular complexity index is 902. The fourth-order valence-electron chi connectivity index (χ4n) is 3.71. The number of ether oxygens (including phenoxy) is 1. The number of carbonyl (C=O) groups excluding carboxylic acids is 1. The number of hydrogen-bond acceptors (Lipinski definition) is 6. The highest BCUT2D eigenvalue weighted by molar-refractivity contribution is 6.33. The number of rotatable bonds is 4. The maximum atomic E-state index is 13.2. The summed E-state index contributed by atoms with van der Waals surface area (Å²) in [5, 5.41) is 6.83. The second-order valence-electron chi connectivity index (χ2n) is 7.37. The predicted molar refractivity (Wildman–Crippen MR) is 109 cm³/mol. The van der Waals surface area contributed by atoms with Crippen molar-refractivity contribution >= 4 is 22.9 Å². The molecule has 0 aliphatic carbocycles. The second kappa shape index (κ2) is 7.59. The van der Waals surface area contributed by atoms with Gasteiger partial charge in [0, 0.05) is 41.8 Å². The van der Waals surface area contributed by atoms with Gasteiger partial charge in [0.2, 0.25) is 0 Å². The molecule has 1 amide bonds. The van der Waals surface area contributed by atoms with Crippen molar-refractivity contribution in [2.45, 2.75) is 32.9 Å². The lowest BCUT2D eigenvalue weighted by Gasteiger charge is -2.22. The molecule has 0 bridgehead atoms. The van der Waals surface area contributed by atoms with Crippen LogP contribution in [0, 0.1) is 0 Å². The van der Waals surface area contributed by atoms with Crippen molar-refractivity contribution < 1.29 is 9.53 Å². The Morgan fingerprint density at radius 1 is 1.21 bits per heavy atom. The number of amides is 1. The van der Waals surface area contributed by atoms with Crippen molar-refractivity contribution in [1.82, 2.24) is 15.3 Å². The lowest BCUT2D eigenvalue weighted by atomic mass is 10.0. The Labute approximate surface area is 164 Å². The average Bonchev–Trinajstić information content (AvgIpc) is 3.00. The molecular weight excluding hydrogens is 354 g/mol. The number of morpholine rings is 1. The van der Waals surface area contributed by atoms with Crippen LogP contribution < -0.4 is 15.5 Å². The van der Waals surface area contributed by atoms with E-state index in [1.165, 1.54) is 6.33 Å². The highest BCUT2D eigenvalue weighted by Gasteiger charge is 2.36. The fourth-order valence-corrected chi connectivity index (χ4v) is 3.71. The van der Waals surface area contributed by atoms with E-state index in [1.54, 1.807) is 12.4 Å². The molecule has 7 nitrogen and oxygen atoms in total. The minimum Gasteiger partial charge on any atom is -0.383 e. The number of anilines is 2. The molecule has 0 radical (unpaired) electrons. The van der Waals surface area contributed by atoms with Crippen LogP contribution in [0.4, 0.5) is 11.4 Å². The number of aromatic nitrogens is 2. The number of fused-ring (bicyclic) bond motifs is 1. The molecule has 0 spiro atoms. The van der Waals surface area contributed by atoms with E-state index in [0.717, 1.165) is 28.2 Å². The second-order valence-corrected chi connectivity index (χ2v) is 7.37. The van der Waals surface area contributed by atoms with E-state index >= 15 is 0 Å². The molecule has 1 aromatic carbocycles. The van der Waals surface area contributed by atoms with Crippen LogP contribution >= 0.6 is 0 Å². The van der Waals surface area contributed by atoms with Crippen molar-refractivity contribution in [2.24, 2.45) is 0 Å². The maximum absolute atomic E-state index is 13.2. The van der Waals surface area contributed by atoms with Crippen molar-refractivity contribution in [3.8, 4) is 0 Å². The molecule has 28 heavy (non-hydrogen) atoms. The van der Waals surface area contributed by atoms with Crippen molar-refractivity contribution in [2.75, 3.05) is 30.0 Å². The summed E-state index contributed by atoms with van der Waals surface area (Å²) < 4.78 is 5.59. The molecule has 146 valence electrons. The Kier molecular flexibility index (Phi) is 5.00. The van der Waals surface area contributed by atoms with Crippen molar-refractivity contribution in [1.29, 1.82) is 0 Å². The van der Waals surface area contributed by atoms with E-state index in [0.29, 0.717) is 25.3 Å². The summed E-state index contributed by atoms with van der Waals surface area (Å²) in [6.45, 7) is 7.93. The zero-order valence-electron chi connectivity index (χ0n) is 16.4. The summed E-state index contributed by atoms with van der Waals surface area (Å²) in [5.74, 6) is 0.0275. The number of carbonyl (C=O) groups is 1. The van der Waals surface area contributed by atoms with Gasteiger partial charge in [-0.15, -0.1) is 0 Å². The highest BCUT2D eigenvalue weighted by Crippen LogP contribution is 2.41. The molecule has 1 fully saturated rings. The third-order valence-corrected chi connectivity index (χ3v) is 5.07. The van der Waals surface area contributed by atoms with Crippen LogP contribution in [0.3, 0.4) is 0 Å². The third-order valence-electron chi connectivity index (χ3n) is 5.07. The van der Waals surface area contributed by atoms with Gasteiger partial charge in [-0.3, -0.25) is 4.79 Å². The normalized spacial score (nSPS) is 20.1. The molecule has 1 saturated heterocycles. The van der Waals surface area contributed by atoms with Gasteiger partial charge in [-0.1, -0.05) is 0 Å². The molecule has 3 heterocycles. The van der Waals surface area contributed by atoms with E-state index in [4.69, 9.17) is 4.74 Å².